The minimum atomic E-state index is -1.17. The maximum Gasteiger partial charge on any atom is 0.262 e. The number of ketones is 1. The smallest absolute Gasteiger partial charge is 0.262 e. The minimum absolute atomic E-state index is 0.0808. The molecule has 5 aromatic rings. The normalized spacial score (nSPS) is 22.4. The van der Waals surface area contributed by atoms with Crippen molar-refractivity contribution < 1.29 is 48.3 Å². The number of piperidine rings is 1. The van der Waals surface area contributed by atoms with Crippen LogP contribution in [0.5, 0.6) is 0 Å². The Morgan fingerprint density at radius 2 is 1.65 bits per heavy atom. The number of aryl methyl sites for hydroxylation is 1. The van der Waals surface area contributed by atoms with Crippen LogP contribution in [0.4, 0.5) is 11.5 Å². The second-order valence-corrected chi connectivity index (χ2v) is 22.8. The van der Waals surface area contributed by atoms with Gasteiger partial charge in [-0.1, -0.05) is 39.8 Å². The lowest BCUT2D eigenvalue weighted by molar-refractivity contribution is -0.125. The van der Waals surface area contributed by atoms with Crippen molar-refractivity contribution in [3.8, 4) is 0 Å². The number of benzene rings is 2. The molecule has 3 aliphatic heterocycles. The summed E-state index contributed by atoms with van der Waals surface area (Å²) in [5.74, 6) is 0.994. The quantitative estimate of drug-likeness (QED) is 0.0229. The van der Waals surface area contributed by atoms with E-state index in [1.54, 1.807) is 29.1 Å². The van der Waals surface area contributed by atoms with Gasteiger partial charge < -0.3 is 50.1 Å². The lowest BCUT2D eigenvalue weighted by Crippen LogP contribution is -2.52. The van der Waals surface area contributed by atoms with Gasteiger partial charge in [-0.05, 0) is 106 Å². The Labute approximate surface area is 461 Å². The number of H-pyrrole nitrogens is 1. The molecule has 2 saturated heterocycles. The number of imide groups is 1. The third-order valence-electron chi connectivity index (χ3n) is 15.7. The van der Waals surface area contributed by atoms with Gasteiger partial charge in [-0.3, -0.25) is 33.5 Å². The SMILES string of the molecule is C=C1CCC(N2C(=O)c3ccc(NCCOCCOCCOCCC(=O)CCCCCNc4ncnc5c4ncn5[C@@H]4O[C@H](CN(C(C)C)C5CC(CCc6nc7ccc(C(C)(C)C)cc7[nH]6)C5)C(O)[C@@H]4O)cc3C2=O)C(=O)N1. The van der Waals surface area contributed by atoms with Crippen molar-refractivity contribution in [2.75, 3.05) is 69.9 Å². The molecule has 0 bridgehead atoms. The van der Waals surface area contributed by atoms with Gasteiger partial charge in [0.2, 0.25) is 5.91 Å². The number of allylic oxidation sites excluding steroid dienone is 1. The molecule has 5 atom stereocenters. The molecule has 79 heavy (non-hydrogen) atoms. The fourth-order valence-corrected chi connectivity index (χ4v) is 11.1. The fraction of sp³-hybridized carbons (Fsp3) is 0.586. The summed E-state index contributed by atoms with van der Waals surface area (Å²) in [4.78, 5) is 76.5. The molecule has 0 spiro atoms. The summed E-state index contributed by atoms with van der Waals surface area (Å²) in [6.45, 7) is 18.6. The standard InChI is InChI=1S/C58H79N11O10/c1-35(2)67(40-28-37(29-40)12-18-48-65-44-16-13-38(58(4,5)6)30-45(44)66-48)32-47-50(71)51(72)57(79-47)68-34-63-49-52(61-33-62-53(49)68)60-20-9-7-8-10-41(70)19-22-76-24-26-78-27-25-77-23-21-59-39-14-15-42-43(31-39)56(75)69(55(42)74)46-17-11-36(3)64-54(46)73/h13-16,30-31,33-35,37,40,46-47,50-51,57,59,71-72H,3,7-12,17-29,32H2,1-2,4-6H3,(H,64,73)(H,65,66)(H,60,61,62)/t37?,40?,46?,47-,50?,51+,57-/m1/s1. The van der Waals surface area contributed by atoms with Crippen LogP contribution in [0.25, 0.3) is 22.2 Å². The molecule has 21 nitrogen and oxygen atoms in total. The number of carbonyl (C=O) groups excluding carboxylic acids is 4. The molecule has 1 aliphatic carbocycles. The van der Waals surface area contributed by atoms with Gasteiger partial charge in [-0.25, -0.2) is 19.9 Å². The molecule has 1 saturated carbocycles. The highest BCUT2D eigenvalue weighted by Gasteiger charge is 2.47. The van der Waals surface area contributed by atoms with Crippen LogP contribution in [0.2, 0.25) is 0 Å². The van der Waals surface area contributed by atoms with E-state index in [2.05, 4.69) is 100 Å². The van der Waals surface area contributed by atoms with Gasteiger partial charge in [-0.15, -0.1) is 0 Å². The van der Waals surface area contributed by atoms with Crippen LogP contribution >= 0.6 is 0 Å². The van der Waals surface area contributed by atoms with Gasteiger partial charge in [0.05, 0.1) is 68.1 Å². The number of aromatic nitrogens is 6. The average Bonchev–Trinajstić information content (AvgIpc) is 4.38. The number of anilines is 2. The highest BCUT2D eigenvalue weighted by Crippen LogP contribution is 2.39. The van der Waals surface area contributed by atoms with E-state index in [9.17, 15) is 29.4 Å². The number of rotatable bonds is 29. The number of amides is 3. The number of aliphatic hydroxyl groups is 2. The van der Waals surface area contributed by atoms with E-state index in [4.69, 9.17) is 23.9 Å². The molecule has 426 valence electrons. The van der Waals surface area contributed by atoms with Crippen LogP contribution < -0.4 is 16.0 Å². The number of unbranched alkanes of at least 4 members (excludes halogenated alkanes) is 2. The maximum absolute atomic E-state index is 13.1. The molecule has 9 rings (SSSR count). The number of Topliss-reactive ketones (excluding diaryl/α,β-unsaturated/α-hetero) is 1. The van der Waals surface area contributed by atoms with E-state index >= 15 is 0 Å². The van der Waals surface area contributed by atoms with E-state index < -0.39 is 48.3 Å². The summed E-state index contributed by atoms with van der Waals surface area (Å²) in [5.41, 5.74) is 6.30. The summed E-state index contributed by atoms with van der Waals surface area (Å²) in [6.07, 6.45) is 7.52. The first kappa shape index (κ1) is 57.5. The molecule has 3 fully saturated rings. The summed E-state index contributed by atoms with van der Waals surface area (Å²) < 4.78 is 25.0. The first-order chi connectivity index (χ1) is 38.0. The Balaban J connectivity index is 0.600. The minimum Gasteiger partial charge on any atom is -0.387 e. The van der Waals surface area contributed by atoms with Crippen molar-refractivity contribution in [1.29, 1.82) is 0 Å². The fourth-order valence-electron chi connectivity index (χ4n) is 11.1. The van der Waals surface area contributed by atoms with Crippen LogP contribution in [0.1, 0.15) is 137 Å². The van der Waals surface area contributed by atoms with E-state index in [0.717, 1.165) is 66.7 Å². The summed E-state index contributed by atoms with van der Waals surface area (Å²) in [5, 5.41) is 31.8. The molecule has 4 aliphatic rings. The number of hydrogen-bond donors (Lipinski definition) is 6. The third kappa shape index (κ3) is 13.9. The Hall–Kier alpha value is -6.20. The Kier molecular flexibility index (Phi) is 18.9. The van der Waals surface area contributed by atoms with Gasteiger partial charge in [0.1, 0.15) is 42.3 Å². The number of nitrogens with one attached hydrogen (secondary N) is 4. The van der Waals surface area contributed by atoms with Gasteiger partial charge in [0, 0.05) is 62.4 Å². The maximum atomic E-state index is 13.1. The zero-order chi connectivity index (χ0) is 55.8. The number of aliphatic hydroxyl groups excluding tert-OH is 2. The number of fused-ring (bicyclic) bond motifs is 3. The molecule has 21 heteroatoms. The number of hydrogen-bond acceptors (Lipinski definition) is 17. The van der Waals surface area contributed by atoms with Crippen LogP contribution in [0.15, 0.2) is 61.3 Å². The van der Waals surface area contributed by atoms with Crippen LogP contribution in [0, 0.1) is 5.92 Å². The molecule has 2 aromatic carbocycles. The van der Waals surface area contributed by atoms with E-state index in [0.29, 0.717) is 125 Å². The lowest BCUT2D eigenvalue weighted by Gasteiger charge is -2.46. The van der Waals surface area contributed by atoms with Gasteiger partial charge in [-0.2, -0.15) is 0 Å². The molecule has 3 amide bonds. The summed E-state index contributed by atoms with van der Waals surface area (Å²) in [7, 11) is 0. The largest absolute Gasteiger partial charge is 0.387 e. The first-order valence-corrected chi connectivity index (χ1v) is 28.2. The topological polar surface area (TPSA) is 261 Å². The average molecular weight is 1090 g/mol. The zero-order valence-corrected chi connectivity index (χ0v) is 46.4. The summed E-state index contributed by atoms with van der Waals surface area (Å²) >= 11 is 0. The van der Waals surface area contributed by atoms with Crippen molar-refractivity contribution in [1.82, 2.24) is 44.6 Å². The number of nitrogens with zero attached hydrogens (tertiary/aromatic N) is 7. The van der Waals surface area contributed by atoms with Gasteiger partial charge >= 0.3 is 0 Å². The molecule has 6 N–H and O–H groups in total. The van der Waals surface area contributed by atoms with Crippen LogP contribution in [-0.4, -0.2) is 169 Å². The Bertz CT molecular complexity index is 2950. The molecule has 6 heterocycles. The third-order valence-corrected chi connectivity index (χ3v) is 15.7. The van der Waals surface area contributed by atoms with Crippen molar-refractivity contribution >= 4 is 57.2 Å². The van der Waals surface area contributed by atoms with Crippen LogP contribution in [0.3, 0.4) is 0 Å². The van der Waals surface area contributed by atoms with Gasteiger partial charge in [0.25, 0.3) is 11.8 Å². The molecular formula is C58H79N11O10. The molecule has 3 aromatic heterocycles. The predicted molar refractivity (Wildman–Crippen MR) is 297 cm³/mol. The zero-order valence-electron chi connectivity index (χ0n) is 46.4. The highest BCUT2D eigenvalue weighted by atomic mass is 16.6. The first-order valence-electron chi connectivity index (χ1n) is 28.2. The number of carbonyl (C=O) groups is 4. The van der Waals surface area contributed by atoms with Crippen molar-refractivity contribution in [3.63, 3.8) is 0 Å². The van der Waals surface area contributed by atoms with Crippen molar-refractivity contribution in [2.24, 2.45) is 5.92 Å². The summed E-state index contributed by atoms with van der Waals surface area (Å²) in [6, 6.07) is 11.2. The van der Waals surface area contributed by atoms with Crippen molar-refractivity contribution in [2.45, 2.75) is 153 Å². The predicted octanol–water partition coefficient (Wildman–Crippen LogP) is 6.22. The number of ether oxygens (including phenoxy) is 4. The van der Waals surface area contributed by atoms with E-state index in [1.165, 1.54) is 11.9 Å². The number of imidazole rings is 2. The highest BCUT2D eigenvalue weighted by molar-refractivity contribution is 6.23. The second kappa shape index (κ2) is 25.9. The lowest BCUT2D eigenvalue weighted by atomic mass is 9.76. The molecular weight excluding hydrogens is 1010 g/mol. The monoisotopic (exact) mass is 1090 g/mol. The number of aromatic amines is 1. The van der Waals surface area contributed by atoms with Crippen LogP contribution in [-0.2, 0) is 40.4 Å². The van der Waals surface area contributed by atoms with E-state index in [-0.39, 0.29) is 28.4 Å². The van der Waals surface area contributed by atoms with Crippen molar-refractivity contribution in [3.05, 3.63) is 83.8 Å². The second-order valence-electron chi connectivity index (χ2n) is 22.8. The van der Waals surface area contributed by atoms with E-state index in [1.807, 2.05) is 0 Å². The molecule has 2 unspecified atom stereocenters. The Morgan fingerprint density at radius 1 is 0.886 bits per heavy atom. The van der Waals surface area contributed by atoms with Gasteiger partial charge in [0.15, 0.2) is 23.2 Å². The molecule has 0 radical (unpaired) electrons. The Morgan fingerprint density at radius 3 is 2.41 bits per heavy atom.